The first kappa shape index (κ1) is 12.4. The second-order valence-electron chi connectivity index (χ2n) is 4.70. The Hall–Kier alpha value is -1.10. The van der Waals surface area contributed by atoms with Gasteiger partial charge in [0.1, 0.15) is 0 Å². The molecule has 0 unspecified atom stereocenters. The molecule has 2 N–H and O–H groups in total. The predicted octanol–water partition coefficient (Wildman–Crippen LogP) is 1.21. The Kier molecular flexibility index (Phi) is 3.66. The van der Waals surface area contributed by atoms with Crippen molar-refractivity contribution >= 4 is 17.3 Å². The molecule has 94 valence electrons. The zero-order valence-electron chi connectivity index (χ0n) is 10.7. The summed E-state index contributed by atoms with van der Waals surface area (Å²) in [5.41, 5.74) is 3.69. The van der Waals surface area contributed by atoms with E-state index >= 15 is 0 Å². The molecule has 4 nitrogen and oxygen atoms in total. The van der Waals surface area contributed by atoms with Crippen LogP contribution in [-0.4, -0.2) is 27.5 Å². The highest BCUT2D eigenvalue weighted by atomic mass is 32.1. The van der Waals surface area contributed by atoms with Crippen molar-refractivity contribution in [3.8, 4) is 0 Å². The van der Waals surface area contributed by atoms with Gasteiger partial charge in [-0.2, -0.15) is 5.10 Å². The second-order valence-corrected chi connectivity index (χ2v) is 5.11. The van der Waals surface area contributed by atoms with Crippen molar-refractivity contribution in [2.24, 2.45) is 7.05 Å². The Balaban J connectivity index is 1.78. The van der Waals surface area contributed by atoms with Crippen LogP contribution in [0.1, 0.15) is 29.8 Å². The molecule has 0 bridgehead atoms. The third-order valence-electron chi connectivity index (χ3n) is 3.23. The lowest BCUT2D eigenvalue weighted by atomic mass is 10.1. The molecular formula is C12H20N4S. The molecule has 0 spiro atoms. The van der Waals surface area contributed by atoms with Gasteiger partial charge in [0, 0.05) is 25.3 Å². The smallest absolute Gasteiger partial charge is 0.166 e. The van der Waals surface area contributed by atoms with Gasteiger partial charge in [-0.1, -0.05) is 0 Å². The molecule has 5 heteroatoms. The number of rotatable bonds is 4. The zero-order valence-corrected chi connectivity index (χ0v) is 11.5. The average Bonchev–Trinajstić information content (AvgIpc) is 3.02. The molecule has 1 aromatic heterocycles. The number of hydrogen-bond acceptors (Lipinski definition) is 2. The molecular weight excluding hydrogens is 232 g/mol. The summed E-state index contributed by atoms with van der Waals surface area (Å²) in [4.78, 5) is 0. The molecule has 2 rings (SSSR count). The Labute approximate surface area is 108 Å². The average molecular weight is 252 g/mol. The number of nitrogens with zero attached hydrogens (tertiary/aromatic N) is 2. The fourth-order valence-electron chi connectivity index (χ4n) is 1.94. The monoisotopic (exact) mass is 252 g/mol. The van der Waals surface area contributed by atoms with Gasteiger partial charge in [0.15, 0.2) is 5.11 Å². The molecule has 0 amide bonds. The van der Waals surface area contributed by atoms with E-state index in [0.717, 1.165) is 23.8 Å². The molecule has 1 heterocycles. The summed E-state index contributed by atoms with van der Waals surface area (Å²) in [5.74, 6) is 0. The molecule has 0 saturated heterocycles. The Morgan fingerprint density at radius 3 is 2.71 bits per heavy atom. The minimum absolute atomic E-state index is 0.622. The highest BCUT2D eigenvalue weighted by Gasteiger charge is 2.21. The molecule has 0 atom stereocenters. The van der Waals surface area contributed by atoms with Crippen LogP contribution in [0, 0.1) is 13.8 Å². The van der Waals surface area contributed by atoms with E-state index in [9.17, 15) is 0 Å². The molecule has 1 aliphatic carbocycles. The lowest BCUT2D eigenvalue weighted by Gasteiger charge is -2.09. The van der Waals surface area contributed by atoms with Gasteiger partial charge in [0.25, 0.3) is 0 Å². The van der Waals surface area contributed by atoms with Crippen molar-refractivity contribution in [3.63, 3.8) is 0 Å². The lowest BCUT2D eigenvalue weighted by molar-refractivity contribution is 0.729. The standard InChI is InChI=1S/C12H20N4S/c1-8-11(9(2)16(3)15-8)6-7-13-12(17)14-10-4-5-10/h10H,4-7H2,1-3H3,(H2,13,14,17). The van der Waals surface area contributed by atoms with Gasteiger partial charge in [0.2, 0.25) is 0 Å². The minimum Gasteiger partial charge on any atom is -0.362 e. The van der Waals surface area contributed by atoms with Crippen molar-refractivity contribution in [2.75, 3.05) is 6.54 Å². The van der Waals surface area contributed by atoms with Gasteiger partial charge in [-0.25, -0.2) is 0 Å². The van der Waals surface area contributed by atoms with Crippen LogP contribution in [0.3, 0.4) is 0 Å². The van der Waals surface area contributed by atoms with Gasteiger partial charge in [-0.15, -0.1) is 0 Å². The fraction of sp³-hybridized carbons (Fsp3) is 0.667. The van der Waals surface area contributed by atoms with Crippen LogP contribution in [0.5, 0.6) is 0 Å². The molecule has 1 aliphatic rings. The van der Waals surface area contributed by atoms with Crippen LogP contribution < -0.4 is 10.6 Å². The topological polar surface area (TPSA) is 41.9 Å². The van der Waals surface area contributed by atoms with Gasteiger partial charge < -0.3 is 10.6 Å². The van der Waals surface area contributed by atoms with E-state index in [0.29, 0.717) is 6.04 Å². The summed E-state index contributed by atoms with van der Waals surface area (Å²) in [6.07, 6.45) is 3.48. The summed E-state index contributed by atoms with van der Waals surface area (Å²) in [5, 5.41) is 11.7. The Bertz CT molecular complexity index is 420. The third kappa shape index (κ3) is 3.19. The van der Waals surface area contributed by atoms with Gasteiger partial charge in [-0.3, -0.25) is 4.68 Å². The molecule has 0 aliphatic heterocycles. The van der Waals surface area contributed by atoms with E-state index in [4.69, 9.17) is 12.2 Å². The SMILES string of the molecule is Cc1nn(C)c(C)c1CCNC(=S)NC1CC1. The zero-order chi connectivity index (χ0) is 12.4. The summed E-state index contributed by atoms with van der Waals surface area (Å²) < 4.78 is 1.94. The van der Waals surface area contributed by atoms with Crippen molar-refractivity contribution in [1.82, 2.24) is 20.4 Å². The Morgan fingerprint density at radius 1 is 1.47 bits per heavy atom. The molecule has 0 radical (unpaired) electrons. The second kappa shape index (κ2) is 5.04. The first-order valence-electron chi connectivity index (χ1n) is 6.11. The molecule has 1 aromatic rings. The van der Waals surface area contributed by atoms with E-state index in [1.165, 1.54) is 24.1 Å². The van der Waals surface area contributed by atoms with Crippen LogP contribution in [0.4, 0.5) is 0 Å². The van der Waals surface area contributed by atoms with E-state index in [2.05, 4.69) is 29.6 Å². The van der Waals surface area contributed by atoms with Crippen LogP contribution in [0.15, 0.2) is 0 Å². The molecule has 17 heavy (non-hydrogen) atoms. The third-order valence-corrected chi connectivity index (χ3v) is 3.49. The minimum atomic E-state index is 0.622. The van der Waals surface area contributed by atoms with E-state index < -0.39 is 0 Å². The van der Waals surface area contributed by atoms with Crippen LogP contribution in [0.25, 0.3) is 0 Å². The highest BCUT2D eigenvalue weighted by Crippen LogP contribution is 2.18. The maximum atomic E-state index is 5.21. The van der Waals surface area contributed by atoms with Crippen molar-refractivity contribution in [3.05, 3.63) is 17.0 Å². The predicted molar refractivity (Wildman–Crippen MR) is 73.1 cm³/mol. The van der Waals surface area contributed by atoms with Gasteiger partial charge in [-0.05, 0) is 50.9 Å². The first-order chi connectivity index (χ1) is 8.08. The Morgan fingerprint density at radius 2 is 2.18 bits per heavy atom. The molecule has 1 saturated carbocycles. The largest absolute Gasteiger partial charge is 0.362 e. The number of hydrogen-bond donors (Lipinski definition) is 2. The lowest BCUT2D eigenvalue weighted by Crippen LogP contribution is -2.37. The van der Waals surface area contributed by atoms with Crippen LogP contribution in [-0.2, 0) is 13.5 Å². The van der Waals surface area contributed by atoms with Crippen molar-refractivity contribution in [1.29, 1.82) is 0 Å². The normalized spacial score (nSPS) is 14.8. The number of nitrogens with one attached hydrogen (secondary N) is 2. The quantitative estimate of drug-likeness (QED) is 0.790. The van der Waals surface area contributed by atoms with E-state index in [-0.39, 0.29) is 0 Å². The summed E-state index contributed by atoms with van der Waals surface area (Å²) in [6, 6.07) is 0.622. The van der Waals surface area contributed by atoms with Crippen molar-refractivity contribution in [2.45, 2.75) is 39.2 Å². The summed E-state index contributed by atoms with van der Waals surface area (Å²) in [7, 11) is 1.98. The van der Waals surface area contributed by atoms with E-state index in [1.807, 2.05) is 11.7 Å². The maximum absolute atomic E-state index is 5.21. The molecule has 1 fully saturated rings. The highest BCUT2D eigenvalue weighted by molar-refractivity contribution is 7.80. The van der Waals surface area contributed by atoms with Crippen molar-refractivity contribution < 1.29 is 0 Å². The number of aromatic nitrogens is 2. The molecule has 0 aromatic carbocycles. The van der Waals surface area contributed by atoms with Crippen LogP contribution in [0.2, 0.25) is 0 Å². The maximum Gasteiger partial charge on any atom is 0.166 e. The number of thiocarbonyl (C=S) groups is 1. The summed E-state index contributed by atoms with van der Waals surface area (Å²) >= 11 is 5.21. The van der Waals surface area contributed by atoms with Gasteiger partial charge >= 0.3 is 0 Å². The van der Waals surface area contributed by atoms with E-state index in [1.54, 1.807) is 0 Å². The number of aryl methyl sites for hydroxylation is 2. The summed E-state index contributed by atoms with van der Waals surface area (Å²) in [6.45, 7) is 5.03. The first-order valence-corrected chi connectivity index (χ1v) is 6.52. The van der Waals surface area contributed by atoms with Gasteiger partial charge in [0.05, 0.1) is 5.69 Å². The van der Waals surface area contributed by atoms with Crippen LogP contribution >= 0.6 is 12.2 Å². The fourth-order valence-corrected chi connectivity index (χ4v) is 2.21.